The number of para-hydroxylation sites is 1. The maximum absolute atomic E-state index is 12.6. The van der Waals surface area contributed by atoms with Crippen molar-refractivity contribution in [2.45, 2.75) is 26.9 Å². The highest BCUT2D eigenvalue weighted by molar-refractivity contribution is 6.06. The quantitative estimate of drug-likeness (QED) is 0.339. The van der Waals surface area contributed by atoms with Gasteiger partial charge in [0.1, 0.15) is 0 Å². The topological polar surface area (TPSA) is 48.4 Å². The molecule has 2 aromatic carbocycles. The van der Waals surface area contributed by atoms with Gasteiger partial charge in [-0.25, -0.2) is 0 Å². The number of hydrogen-bond donors (Lipinski definition) is 2. The molecule has 132 valence electrons. The summed E-state index contributed by atoms with van der Waals surface area (Å²) in [6.45, 7) is 4.92. The van der Waals surface area contributed by atoms with Crippen LogP contribution in [-0.2, 0) is 0 Å². The molecule has 2 N–H and O–H groups in total. The second-order valence-electron chi connectivity index (χ2n) is 5.79. The minimum Gasteiger partial charge on any atom is -0.410 e. The van der Waals surface area contributed by atoms with Crippen molar-refractivity contribution in [3.63, 3.8) is 0 Å². The SMILES string of the molecule is Cc1cc(C)c(C(=NO)C(F)(F)F)c(C)c1.c1ccc2[nH]ccc2c1. The van der Waals surface area contributed by atoms with E-state index < -0.39 is 11.9 Å². The third-order valence-electron chi connectivity index (χ3n) is 3.74. The maximum atomic E-state index is 12.6. The number of rotatable bonds is 1. The molecule has 1 heterocycles. The zero-order valence-electron chi connectivity index (χ0n) is 14.1. The van der Waals surface area contributed by atoms with Crippen LogP contribution in [0.4, 0.5) is 13.2 Å². The average Bonchev–Trinajstić information content (AvgIpc) is 2.98. The predicted octanol–water partition coefficient (Wildman–Crippen LogP) is 5.52. The Labute approximate surface area is 143 Å². The van der Waals surface area contributed by atoms with E-state index >= 15 is 0 Å². The molecule has 1 aromatic heterocycles. The molecule has 6 heteroatoms. The Morgan fingerprint density at radius 2 is 1.60 bits per heavy atom. The number of halogens is 3. The molecule has 0 saturated heterocycles. The van der Waals surface area contributed by atoms with Gasteiger partial charge in [0.25, 0.3) is 0 Å². The van der Waals surface area contributed by atoms with E-state index in [1.165, 1.54) is 10.9 Å². The summed E-state index contributed by atoms with van der Waals surface area (Å²) in [5.74, 6) is 0. The van der Waals surface area contributed by atoms with Gasteiger partial charge in [-0.05, 0) is 49.4 Å². The zero-order valence-corrected chi connectivity index (χ0v) is 14.1. The van der Waals surface area contributed by atoms with E-state index in [-0.39, 0.29) is 5.56 Å². The summed E-state index contributed by atoms with van der Waals surface area (Å²) in [7, 11) is 0. The van der Waals surface area contributed by atoms with Gasteiger partial charge in [-0.15, -0.1) is 0 Å². The number of aromatic amines is 1. The van der Waals surface area contributed by atoms with Crippen molar-refractivity contribution in [2.24, 2.45) is 5.16 Å². The number of aromatic nitrogens is 1. The molecule has 0 fully saturated rings. The molecule has 0 aliphatic rings. The fourth-order valence-electron chi connectivity index (χ4n) is 2.80. The first-order valence-corrected chi connectivity index (χ1v) is 7.63. The molecule has 0 spiro atoms. The number of aryl methyl sites for hydroxylation is 3. The van der Waals surface area contributed by atoms with Gasteiger partial charge in [-0.3, -0.25) is 0 Å². The summed E-state index contributed by atoms with van der Waals surface area (Å²) < 4.78 is 37.7. The lowest BCUT2D eigenvalue weighted by Crippen LogP contribution is -2.26. The molecule has 0 aliphatic carbocycles. The summed E-state index contributed by atoms with van der Waals surface area (Å²) in [6.07, 6.45) is -2.70. The van der Waals surface area contributed by atoms with Gasteiger partial charge < -0.3 is 10.2 Å². The number of H-pyrrole nitrogens is 1. The maximum Gasteiger partial charge on any atom is 0.437 e. The Hall–Kier alpha value is -2.76. The van der Waals surface area contributed by atoms with Gasteiger partial charge >= 0.3 is 6.18 Å². The van der Waals surface area contributed by atoms with Gasteiger partial charge in [0.05, 0.1) is 0 Å². The standard InChI is InChI=1S/C11H12F3NO.C8H7N/c1-6-4-7(2)9(8(3)5-6)10(15-16)11(12,13)14;1-2-4-8-7(3-1)5-6-9-8/h4-5,16H,1-3H3;1-6,9H. The highest BCUT2D eigenvalue weighted by Gasteiger charge is 2.39. The van der Waals surface area contributed by atoms with Crippen molar-refractivity contribution in [3.05, 3.63) is 70.9 Å². The number of alkyl halides is 3. The normalized spacial score (nSPS) is 12.0. The number of benzene rings is 2. The molecule has 3 nitrogen and oxygen atoms in total. The van der Waals surface area contributed by atoms with Crippen LogP contribution in [0.2, 0.25) is 0 Å². The molecule has 25 heavy (non-hydrogen) atoms. The summed E-state index contributed by atoms with van der Waals surface area (Å²) >= 11 is 0. The molecular formula is C19H19F3N2O. The summed E-state index contributed by atoms with van der Waals surface area (Å²) in [5, 5.41) is 12.1. The highest BCUT2D eigenvalue weighted by Crippen LogP contribution is 2.27. The third kappa shape index (κ3) is 4.41. The fraction of sp³-hybridized carbons (Fsp3) is 0.211. The van der Waals surface area contributed by atoms with Gasteiger partial charge in [-0.2, -0.15) is 13.2 Å². The smallest absolute Gasteiger partial charge is 0.410 e. The number of hydrogen-bond acceptors (Lipinski definition) is 2. The van der Waals surface area contributed by atoms with Crippen LogP contribution in [0.1, 0.15) is 22.3 Å². The summed E-state index contributed by atoms with van der Waals surface area (Å²) in [4.78, 5) is 3.12. The Morgan fingerprint density at radius 3 is 2.12 bits per heavy atom. The molecular weight excluding hydrogens is 329 g/mol. The van der Waals surface area contributed by atoms with Gasteiger partial charge in [0.2, 0.25) is 0 Å². The highest BCUT2D eigenvalue weighted by atomic mass is 19.4. The Morgan fingerprint density at radius 1 is 1.00 bits per heavy atom. The molecule has 0 bridgehead atoms. The lowest BCUT2D eigenvalue weighted by atomic mass is 9.96. The molecule has 0 amide bonds. The first-order chi connectivity index (χ1) is 11.7. The summed E-state index contributed by atoms with van der Waals surface area (Å²) in [6, 6.07) is 13.5. The average molecular weight is 348 g/mol. The van der Waals surface area contributed by atoms with E-state index in [9.17, 15) is 13.2 Å². The van der Waals surface area contributed by atoms with Crippen LogP contribution in [0, 0.1) is 20.8 Å². The minimum atomic E-state index is -4.65. The van der Waals surface area contributed by atoms with Crippen LogP contribution in [0.3, 0.4) is 0 Å². The van der Waals surface area contributed by atoms with E-state index in [0.717, 1.165) is 5.56 Å². The molecule has 0 unspecified atom stereocenters. The van der Waals surface area contributed by atoms with E-state index in [2.05, 4.69) is 28.3 Å². The summed E-state index contributed by atoms with van der Waals surface area (Å²) in [5.41, 5.74) is 1.67. The number of oxime groups is 1. The van der Waals surface area contributed by atoms with Gasteiger partial charge in [0, 0.05) is 17.3 Å². The van der Waals surface area contributed by atoms with E-state index in [4.69, 9.17) is 5.21 Å². The minimum absolute atomic E-state index is 0.0550. The number of nitrogens with zero attached hydrogens (tertiary/aromatic N) is 1. The monoisotopic (exact) mass is 348 g/mol. The first-order valence-electron chi connectivity index (χ1n) is 7.63. The second kappa shape index (κ2) is 7.42. The molecule has 0 aliphatic heterocycles. The van der Waals surface area contributed by atoms with Crippen molar-refractivity contribution in [3.8, 4) is 0 Å². The first kappa shape index (κ1) is 18.6. The van der Waals surface area contributed by atoms with Crippen LogP contribution < -0.4 is 0 Å². The van der Waals surface area contributed by atoms with Crippen molar-refractivity contribution in [1.29, 1.82) is 0 Å². The van der Waals surface area contributed by atoms with E-state index in [1.807, 2.05) is 18.3 Å². The molecule has 0 saturated carbocycles. The van der Waals surface area contributed by atoms with E-state index in [0.29, 0.717) is 11.1 Å². The van der Waals surface area contributed by atoms with Crippen molar-refractivity contribution < 1.29 is 18.4 Å². The van der Waals surface area contributed by atoms with Crippen LogP contribution in [0.15, 0.2) is 53.8 Å². The molecule has 3 aromatic rings. The lowest BCUT2D eigenvalue weighted by Gasteiger charge is -2.14. The Balaban J connectivity index is 0.000000208. The van der Waals surface area contributed by atoms with Crippen molar-refractivity contribution in [2.75, 3.05) is 0 Å². The fourth-order valence-corrected chi connectivity index (χ4v) is 2.80. The van der Waals surface area contributed by atoms with E-state index in [1.54, 1.807) is 32.9 Å². The molecule has 0 radical (unpaired) electrons. The van der Waals surface area contributed by atoms with Crippen LogP contribution >= 0.6 is 0 Å². The Bertz CT molecular complexity index is 842. The van der Waals surface area contributed by atoms with Crippen LogP contribution in [0.25, 0.3) is 10.9 Å². The van der Waals surface area contributed by atoms with Crippen molar-refractivity contribution >= 4 is 16.6 Å². The third-order valence-corrected chi connectivity index (χ3v) is 3.74. The number of fused-ring (bicyclic) bond motifs is 1. The predicted molar refractivity (Wildman–Crippen MR) is 93.3 cm³/mol. The molecule has 3 rings (SSSR count). The largest absolute Gasteiger partial charge is 0.437 e. The van der Waals surface area contributed by atoms with Crippen molar-refractivity contribution in [1.82, 2.24) is 4.98 Å². The Kier molecular flexibility index (Phi) is 5.51. The van der Waals surface area contributed by atoms with Crippen LogP contribution in [-0.4, -0.2) is 22.1 Å². The van der Waals surface area contributed by atoms with Crippen LogP contribution in [0.5, 0.6) is 0 Å². The van der Waals surface area contributed by atoms with Gasteiger partial charge in [-0.1, -0.05) is 41.1 Å². The zero-order chi connectivity index (χ0) is 18.6. The lowest BCUT2D eigenvalue weighted by molar-refractivity contribution is -0.0601. The van der Waals surface area contributed by atoms with Gasteiger partial charge in [0.15, 0.2) is 5.71 Å². The number of nitrogens with one attached hydrogen (secondary N) is 1. The second-order valence-corrected chi connectivity index (χ2v) is 5.79. The molecule has 0 atom stereocenters.